The summed E-state index contributed by atoms with van der Waals surface area (Å²) in [6.07, 6.45) is 0. The van der Waals surface area contributed by atoms with Crippen molar-refractivity contribution in [3.63, 3.8) is 0 Å². The largest absolute Gasteiger partial charge is 0.497 e. The summed E-state index contributed by atoms with van der Waals surface area (Å²) in [6.45, 7) is 8.48. The van der Waals surface area contributed by atoms with E-state index in [0.29, 0.717) is 55.7 Å². The third kappa shape index (κ3) is 5.43. The summed E-state index contributed by atoms with van der Waals surface area (Å²) >= 11 is 0. The molecule has 0 N–H and O–H groups in total. The molecule has 2 heterocycles. The summed E-state index contributed by atoms with van der Waals surface area (Å²) in [6, 6.07) is 13.9. The number of amides is 1. The second kappa shape index (κ2) is 10.8. The molecule has 2 aromatic carbocycles. The van der Waals surface area contributed by atoms with E-state index in [-0.39, 0.29) is 17.5 Å². The van der Waals surface area contributed by atoms with Crippen LogP contribution in [0.5, 0.6) is 5.75 Å². The van der Waals surface area contributed by atoms with Crippen LogP contribution in [-0.4, -0.2) is 60.2 Å². The van der Waals surface area contributed by atoms with Gasteiger partial charge in [-0.1, -0.05) is 24.3 Å². The van der Waals surface area contributed by atoms with E-state index in [9.17, 15) is 9.18 Å². The highest BCUT2D eigenvalue weighted by atomic mass is 19.1. The lowest BCUT2D eigenvalue weighted by atomic mass is 10.0. The summed E-state index contributed by atoms with van der Waals surface area (Å²) in [4.78, 5) is 27.2. The molecule has 0 aliphatic carbocycles. The lowest BCUT2D eigenvalue weighted by Gasteiger charge is -2.30. The molecule has 0 spiro atoms. The van der Waals surface area contributed by atoms with Gasteiger partial charge in [0, 0.05) is 31.2 Å². The number of methoxy groups -OCH3 is 1. The molecule has 1 saturated heterocycles. The number of hydrogen-bond donors (Lipinski definition) is 0. The number of carbonyl (C=O) groups is 1. The first-order chi connectivity index (χ1) is 16.9. The van der Waals surface area contributed by atoms with Crippen LogP contribution in [-0.2, 0) is 11.3 Å². The highest BCUT2D eigenvalue weighted by Crippen LogP contribution is 2.30. The number of hydrogen-bond acceptors (Lipinski definition) is 6. The van der Waals surface area contributed by atoms with Gasteiger partial charge in [-0.15, -0.1) is 0 Å². The van der Waals surface area contributed by atoms with Crippen molar-refractivity contribution in [2.75, 3.05) is 38.3 Å². The van der Waals surface area contributed by atoms with Crippen molar-refractivity contribution >= 4 is 11.9 Å². The van der Waals surface area contributed by atoms with E-state index in [4.69, 9.17) is 14.5 Å². The van der Waals surface area contributed by atoms with Gasteiger partial charge in [0.1, 0.15) is 11.6 Å². The first-order valence-corrected chi connectivity index (χ1v) is 11.8. The fourth-order valence-electron chi connectivity index (χ4n) is 4.17. The number of ether oxygens (including phenoxy) is 2. The molecule has 35 heavy (non-hydrogen) atoms. The zero-order valence-electron chi connectivity index (χ0n) is 20.6. The predicted molar refractivity (Wildman–Crippen MR) is 133 cm³/mol. The van der Waals surface area contributed by atoms with E-state index in [1.165, 1.54) is 6.07 Å². The molecular weight excluding hydrogens is 447 g/mol. The molecule has 3 aromatic rings. The molecule has 1 aliphatic rings. The van der Waals surface area contributed by atoms with Crippen molar-refractivity contribution in [3.8, 4) is 17.0 Å². The highest BCUT2D eigenvalue weighted by molar-refractivity contribution is 6.01. The number of anilines is 1. The number of aryl methyl sites for hydroxylation is 1. The fourth-order valence-corrected chi connectivity index (χ4v) is 4.17. The molecule has 1 amide bonds. The van der Waals surface area contributed by atoms with Gasteiger partial charge in [0.15, 0.2) is 0 Å². The molecule has 0 atom stereocenters. The lowest BCUT2D eigenvalue weighted by Crippen LogP contribution is -2.39. The topological polar surface area (TPSA) is 67.8 Å². The average Bonchev–Trinajstić information content (AvgIpc) is 2.87. The van der Waals surface area contributed by atoms with Gasteiger partial charge >= 0.3 is 0 Å². The standard InChI is InChI=1S/C27H31FN4O3/c1-18(2)32(17-20-8-7-9-21(16-20)34-4)26(33)24-19(3)29-27(31-12-14-35-15-13-31)30-25(24)22-10-5-6-11-23(22)28/h5-11,16,18H,12-15,17H2,1-4H3. The van der Waals surface area contributed by atoms with Crippen molar-refractivity contribution < 1.29 is 18.7 Å². The van der Waals surface area contributed by atoms with Crippen molar-refractivity contribution in [1.82, 2.24) is 14.9 Å². The number of nitrogens with zero attached hydrogens (tertiary/aromatic N) is 4. The second-order valence-electron chi connectivity index (χ2n) is 8.79. The number of benzene rings is 2. The van der Waals surface area contributed by atoms with E-state index < -0.39 is 5.82 Å². The molecule has 1 aromatic heterocycles. The molecule has 7 nitrogen and oxygen atoms in total. The van der Waals surface area contributed by atoms with E-state index in [0.717, 1.165) is 11.3 Å². The Morgan fingerprint density at radius 2 is 1.89 bits per heavy atom. The van der Waals surface area contributed by atoms with Gasteiger partial charge in [-0.05, 0) is 50.6 Å². The number of rotatable bonds is 7. The van der Waals surface area contributed by atoms with Crippen LogP contribution in [0.2, 0.25) is 0 Å². The number of aromatic nitrogens is 2. The molecular formula is C27H31FN4O3. The normalized spacial score (nSPS) is 13.7. The lowest BCUT2D eigenvalue weighted by molar-refractivity contribution is 0.0689. The Labute approximate surface area is 205 Å². The zero-order chi connectivity index (χ0) is 24.9. The maximum absolute atomic E-state index is 15.0. The number of carbonyl (C=O) groups excluding carboxylic acids is 1. The Morgan fingerprint density at radius 3 is 2.57 bits per heavy atom. The van der Waals surface area contributed by atoms with Gasteiger partial charge in [-0.25, -0.2) is 14.4 Å². The summed E-state index contributed by atoms with van der Waals surface area (Å²) < 4.78 is 25.8. The van der Waals surface area contributed by atoms with Gasteiger partial charge in [0.05, 0.1) is 37.3 Å². The Hall–Kier alpha value is -3.52. The Balaban J connectivity index is 1.80. The zero-order valence-corrected chi connectivity index (χ0v) is 20.6. The van der Waals surface area contributed by atoms with Crippen LogP contribution in [0.25, 0.3) is 11.3 Å². The van der Waals surface area contributed by atoms with Gasteiger partial charge in [0.25, 0.3) is 5.91 Å². The summed E-state index contributed by atoms with van der Waals surface area (Å²) in [7, 11) is 1.61. The van der Waals surface area contributed by atoms with Crippen LogP contribution in [0.1, 0.15) is 35.5 Å². The van der Waals surface area contributed by atoms with Crippen molar-refractivity contribution in [1.29, 1.82) is 0 Å². The SMILES string of the molecule is COc1cccc(CN(C(=O)c2c(C)nc(N3CCOCC3)nc2-c2ccccc2F)C(C)C)c1. The Morgan fingerprint density at radius 1 is 1.14 bits per heavy atom. The first kappa shape index (κ1) is 24.6. The van der Waals surface area contributed by atoms with Crippen LogP contribution >= 0.6 is 0 Å². The quantitative estimate of drug-likeness (QED) is 0.499. The number of morpholine rings is 1. The molecule has 0 saturated carbocycles. The predicted octanol–water partition coefficient (Wildman–Crippen LogP) is 4.49. The van der Waals surface area contributed by atoms with E-state index in [1.807, 2.05) is 43.0 Å². The number of halogens is 1. The highest BCUT2D eigenvalue weighted by Gasteiger charge is 2.29. The molecule has 8 heteroatoms. The fraction of sp³-hybridized carbons (Fsp3) is 0.370. The molecule has 184 valence electrons. The molecule has 0 unspecified atom stereocenters. The summed E-state index contributed by atoms with van der Waals surface area (Å²) in [5, 5.41) is 0. The van der Waals surface area contributed by atoms with Crippen molar-refractivity contribution in [2.45, 2.75) is 33.4 Å². The monoisotopic (exact) mass is 478 g/mol. The van der Waals surface area contributed by atoms with Crippen molar-refractivity contribution in [2.24, 2.45) is 0 Å². The van der Waals surface area contributed by atoms with Crippen LogP contribution < -0.4 is 9.64 Å². The van der Waals surface area contributed by atoms with E-state index in [1.54, 1.807) is 37.1 Å². The first-order valence-electron chi connectivity index (χ1n) is 11.8. The van der Waals surface area contributed by atoms with Gasteiger partial charge in [-0.3, -0.25) is 4.79 Å². The minimum absolute atomic E-state index is 0.111. The smallest absolute Gasteiger partial charge is 0.258 e. The Bertz CT molecular complexity index is 1190. The van der Waals surface area contributed by atoms with Crippen LogP contribution in [0, 0.1) is 12.7 Å². The third-order valence-corrected chi connectivity index (χ3v) is 6.09. The van der Waals surface area contributed by atoms with Crippen molar-refractivity contribution in [3.05, 3.63) is 71.2 Å². The second-order valence-corrected chi connectivity index (χ2v) is 8.79. The Kier molecular flexibility index (Phi) is 7.60. The minimum Gasteiger partial charge on any atom is -0.497 e. The maximum atomic E-state index is 15.0. The van der Waals surface area contributed by atoms with Crippen LogP contribution in [0.15, 0.2) is 48.5 Å². The van der Waals surface area contributed by atoms with Crippen LogP contribution in [0.3, 0.4) is 0 Å². The van der Waals surface area contributed by atoms with E-state index in [2.05, 4.69) is 4.98 Å². The third-order valence-electron chi connectivity index (χ3n) is 6.09. The molecule has 0 radical (unpaired) electrons. The van der Waals surface area contributed by atoms with Gasteiger partial charge < -0.3 is 19.3 Å². The van der Waals surface area contributed by atoms with Gasteiger partial charge in [-0.2, -0.15) is 0 Å². The average molecular weight is 479 g/mol. The molecule has 0 bridgehead atoms. The van der Waals surface area contributed by atoms with E-state index >= 15 is 0 Å². The molecule has 1 fully saturated rings. The summed E-state index contributed by atoms with van der Waals surface area (Å²) in [5.41, 5.74) is 2.34. The molecule has 4 rings (SSSR count). The van der Waals surface area contributed by atoms with Gasteiger partial charge in [0.2, 0.25) is 5.95 Å². The maximum Gasteiger partial charge on any atom is 0.258 e. The van der Waals surface area contributed by atoms with Crippen LogP contribution in [0.4, 0.5) is 10.3 Å². The minimum atomic E-state index is -0.434. The summed E-state index contributed by atoms with van der Waals surface area (Å²) in [5.74, 6) is 0.521. The molecule has 1 aliphatic heterocycles.